The van der Waals surface area contributed by atoms with Gasteiger partial charge in [0.25, 0.3) is 5.91 Å². The van der Waals surface area contributed by atoms with E-state index < -0.39 is 0 Å². The molecule has 0 spiro atoms. The van der Waals surface area contributed by atoms with E-state index >= 15 is 0 Å². The summed E-state index contributed by atoms with van der Waals surface area (Å²) in [5, 5.41) is 3.85. The monoisotopic (exact) mass is 331 g/mol. The van der Waals surface area contributed by atoms with Crippen molar-refractivity contribution in [3.05, 3.63) is 35.4 Å². The van der Waals surface area contributed by atoms with Gasteiger partial charge in [0.05, 0.1) is 25.0 Å². The minimum Gasteiger partial charge on any atom is -0.469 e. The molecule has 4 rings (SSSR count). The summed E-state index contributed by atoms with van der Waals surface area (Å²) in [5.74, 6) is 3.08. The summed E-state index contributed by atoms with van der Waals surface area (Å²) >= 11 is 0. The number of hydrogen-bond donors (Lipinski definition) is 0. The van der Waals surface area contributed by atoms with Crippen molar-refractivity contribution in [2.75, 3.05) is 26.3 Å². The summed E-state index contributed by atoms with van der Waals surface area (Å²) < 4.78 is 16.3. The molecule has 0 saturated carbocycles. The molecule has 1 amide bonds. The highest BCUT2D eigenvalue weighted by molar-refractivity contribution is 5.95. The molecule has 0 N–H and O–H groups in total. The number of amides is 1. The first-order chi connectivity index (χ1) is 11.6. The van der Waals surface area contributed by atoms with E-state index in [1.54, 1.807) is 12.3 Å². The Morgan fingerprint density at radius 1 is 1.33 bits per heavy atom. The molecule has 0 aromatic carbocycles. The second-order valence-corrected chi connectivity index (χ2v) is 6.76. The van der Waals surface area contributed by atoms with E-state index in [1.165, 1.54) is 0 Å². The molecule has 128 valence electrons. The van der Waals surface area contributed by atoms with E-state index in [0.717, 1.165) is 13.1 Å². The van der Waals surface area contributed by atoms with Gasteiger partial charge in [0, 0.05) is 25.4 Å². The van der Waals surface area contributed by atoms with E-state index in [2.05, 4.69) is 10.1 Å². The third-order valence-corrected chi connectivity index (χ3v) is 5.14. The van der Waals surface area contributed by atoms with Crippen LogP contribution in [0.4, 0.5) is 0 Å². The number of carbonyl (C=O) groups excluding carboxylic acids is 1. The van der Waals surface area contributed by atoms with Crippen LogP contribution in [0.25, 0.3) is 0 Å². The van der Waals surface area contributed by atoms with Gasteiger partial charge in [0.15, 0.2) is 5.82 Å². The molecule has 0 bridgehead atoms. The molecule has 0 aliphatic carbocycles. The molecule has 7 heteroatoms. The van der Waals surface area contributed by atoms with E-state index in [4.69, 9.17) is 13.7 Å². The van der Waals surface area contributed by atoms with Crippen LogP contribution in [0.2, 0.25) is 0 Å². The molecule has 4 heterocycles. The van der Waals surface area contributed by atoms with Gasteiger partial charge in [-0.05, 0) is 31.7 Å². The summed E-state index contributed by atoms with van der Waals surface area (Å²) in [6, 6.07) is 1.74. The molecule has 2 aromatic rings. The quantitative estimate of drug-likeness (QED) is 0.854. The SMILES string of the molecule is Cc1noc(C[C@@H]2COC[C@H]3CN(C(=O)c4ccoc4C)C[C@@H]23)n1. The molecule has 0 unspecified atom stereocenters. The Balaban J connectivity index is 1.48. The first kappa shape index (κ1) is 15.4. The van der Waals surface area contributed by atoms with Crippen molar-refractivity contribution in [1.29, 1.82) is 0 Å². The Kier molecular flexibility index (Phi) is 3.88. The van der Waals surface area contributed by atoms with Crippen molar-refractivity contribution in [3.63, 3.8) is 0 Å². The number of carbonyl (C=O) groups is 1. The minimum absolute atomic E-state index is 0.0445. The summed E-state index contributed by atoms with van der Waals surface area (Å²) in [7, 11) is 0. The van der Waals surface area contributed by atoms with Crippen LogP contribution in [0, 0.1) is 31.6 Å². The lowest BCUT2D eigenvalue weighted by molar-refractivity contribution is -0.0110. The molecular formula is C17H21N3O4. The lowest BCUT2D eigenvalue weighted by Crippen LogP contribution is -2.36. The van der Waals surface area contributed by atoms with Crippen LogP contribution in [0.3, 0.4) is 0 Å². The number of fused-ring (bicyclic) bond motifs is 1. The molecule has 2 fully saturated rings. The van der Waals surface area contributed by atoms with Crippen molar-refractivity contribution >= 4 is 5.91 Å². The van der Waals surface area contributed by atoms with E-state index in [1.807, 2.05) is 18.7 Å². The van der Waals surface area contributed by atoms with Gasteiger partial charge in [-0.3, -0.25) is 4.79 Å². The molecule has 0 radical (unpaired) electrons. The zero-order valence-electron chi connectivity index (χ0n) is 13.9. The molecule has 2 aliphatic heterocycles. The van der Waals surface area contributed by atoms with Crippen molar-refractivity contribution in [2.24, 2.45) is 17.8 Å². The highest BCUT2D eigenvalue weighted by atomic mass is 16.5. The van der Waals surface area contributed by atoms with E-state index in [0.29, 0.717) is 60.4 Å². The number of furan rings is 1. The van der Waals surface area contributed by atoms with Crippen molar-refractivity contribution in [3.8, 4) is 0 Å². The Hall–Kier alpha value is -2.15. The predicted molar refractivity (Wildman–Crippen MR) is 83.4 cm³/mol. The molecular weight excluding hydrogens is 310 g/mol. The van der Waals surface area contributed by atoms with Gasteiger partial charge in [0.2, 0.25) is 5.89 Å². The fraction of sp³-hybridized carbons (Fsp3) is 0.588. The molecule has 2 aromatic heterocycles. The van der Waals surface area contributed by atoms with Gasteiger partial charge in [-0.1, -0.05) is 5.16 Å². The summed E-state index contributed by atoms with van der Waals surface area (Å²) in [6.45, 7) is 6.49. The second kappa shape index (κ2) is 6.05. The molecule has 3 atom stereocenters. The number of aromatic nitrogens is 2. The first-order valence-corrected chi connectivity index (χ1v) is 8.32. The van der Waals surface area contributed by atoms with Gasteiger partial charge in [-0.25, -0.2) is 0 Å². The first-order valence-electron chi connectivity index (χ1n) is 8.32. The highest BCUT2D eigenvalue weighted by Gasteiger charge is 2.43. The van der Waals surface area contributed by atoms with Gasteiger partial charge in [-0.15, -0.1) is 0 Å². The fourth-order valence-corrected chi connectivity index (χ4v) is 3.90. The smallest absolute Gasteiger partial charge is 0.257 e. The average molecular weight is 331 g/mol. The number of likely N-dealkylation sites (tertiary alicyclic amines) is 1. The summed E-state index contributed by atoms with van der Waals surface area (Å²) in [5.41, 5.74) is 0.652. The molecule has 2 aliphatic rings. The number of ether oxygens (including phenoxy) is 1. The number of aryl methyl sites for hydroxylation is 2. The van der Waals surface area contributed by atoms with Crippen LogP contribution >= 0.6 is 0 Å². The van der Waals surface area contributed by atoms with Gasteiger partial charge in [-0.2, -0.15) is 4.98 Å². The van der Waals surface area contributed by atoms with Crippen LogP contribution in [-0.2, 0) is 11.2 Å². The van der Waals surface area contributed by atoms with Crippen LogP contribution in [0.5, 0.6) is 0 Å². The second-order valence-electron chi connectivity index (χ2n) is 6.76. The zero-order chi connectivity index (χ0) is 16.7. The Labute approximate surface area is 140 Å². The fourth-order valence-electron chi connectivity index (χ4n) is 3.90. The van der Waals surface area contributed by atoms with Crippen LogP contribution < -0.4 is 0 Å². The third-order valence-electron chi connectivity index (χ3n) is 5.14. The maximum absolute atomic E-state index is 12.7. The van der Waals surface area contributed by atoms with Crippen LogP contribution in [-0.4, -0.2) is 47.3 Å². The van der Waals surface area contributed by atoms with Gasteiger partial charge in [0.1, 0.15) is 5.76 Å². The topological polar surface area (TPSA) is 81.6 Å². The van der Waals surface area contributed by atoms with Crippen molar-refractivity contribution in [2.45, 2.75) is 20.3 Å². The Morgan fingerprint density at radius 3 is 2.92 bits per heavy atom. The van der Waals surface area contributed by atoms with E-state index in [9.17, 15) is 4.79 Å². The maximum atomic E-state index is 12.7. The summed E-state index contributed by atoms with van der Waals surface area (Å²) in [4.78, 5) is 18.9. The van der Waals surface area contributed by atoms with Crippen molar-refractivity contribution < 1.29 is 18.5 Å². The number of nitrogens with zero attached hydrogens (tertiary/aromatic N) is 3. The number of hydrogen-bond acceptors (Lipinski definition) is 6. The average Bonchev–Trinajstić information content (AvgIpc) is 3.27. The molecule has 24 heavy (non-hydrogen) atoms. The Bertz CT molecular complexity index is 738. The minimum atomic E-state index is 0.0445. The predicted octanol–water partition coefficient (Wildman–Crippen LogP) is 1.86. The van der Waals surface area contributed by atoms with Crippen LogP contribution in [0.15, 0.2) is 21.3 Å². The van der Waals surface area contributed by atoms with Crippen LogP contribution in [0.1, 0.15) is 27.8 Å². The lowest BCUT2D eigenvalue weighted by atomic mass is 9.81. The zero-order valence-corrected chi connectivity index (χ0v) is 13.9. The lowest BCUT2D eigenvalue weighted by Gasteiger charge is -2.31. The Morgan fingerprint density at radius 2 is 2.21 bits per heavy atom. The normalized spacial score (nSPS) is 26.6. The van der Waals surface area contributed by atoms with E-state index in [-0.39, 0.29) is 5.91 Å². The molecule has 2 saturated heterocycles. The van der Waals surface area contributed by atoms with Gasteiger partial charge < -0.3 is 18.6 Å². The van der Waals surface area contributed by atoms with Gasteiger partial charge >= 0.3 is 0 Å². The summed E-state index contributed by atoms with van der Waals surface area (Å²) in [6.07, 6.45) is 2.27. The molecule has 7 nitrogen and oxygen atoms in total. The highest BCUT2D eigenvalue weighted by Crippen LogP contribution is 2.36. The van der Waals surface area contributed by atoms with Crippen molar-refractivity contribution in [1.82, 2.24) is 15.0 Å². The maximum Gasteiger partial charge on any atom is 0.257 e. The largest absolute Gasteiger partial charge is 0.469 e. The standard InChI is InChI=1S/C17H21N3O4/c1-10-14(3-4-23-10)17(21)20-6-13-9-22-8-12(15(13)7-20)5-16-18-11(2)19-24-16/h3-4,12-13,15H,5-9H2,1-2H3/t12-,13-,15+/m1/s1. The third kappa shape index (κ3) is 2.73. The number of rotatable bonds is 3.